The van der Waals surface area contributed by atoms with E-state index in [4.69, 9.17) is 5.73 Å². The molecular weight excluding hydrogens is 413 g/mol. The van der Waals surface area contributed by atoms with Crippen molar-refractivity contribution < 1.29 is 22.8 Å². The molecule has 2 unspecified atom stereocenters. The minimum absolute atomic E-state index is 0.00523. The Morgan fingerprint density at radius 1 is 1.45 bits per heavy atom. The summed E-state index contributed by atoms with van der Waals surface area (Å²) in [5.41, 5.74) is 4.59. The number of amides is 2. The number of carbonyl (C=O) groups is 2. The second-order valence-corrected chi connectivity index (χ2v) is 8.87. The van der Waals surface area contributed by atoms with Gasteiger partial charge in [0.05, 0.1) is 24.6 Å². The first-order valence-corrected chi connectivity index (χ1v) is 10.3. The van der Waals surface area contributed by atoms with Crippen LogP contribution >= 0.6 is 0 Å². The van der Waals surface area contributed by atoms with Crippen molar-refractivity contribution in [3.8, 4) is 6.07 Å². The zero-order chi connectivity index (χ0) is 23.0. The van der Waals surface area contributed by atoms with E-state index in [0.29, 0.717) is 0 Å². The predicted octanol–water partition coefficient (Wildman–Crippen LogP) is 2.62. The number of nitrogens with zero attached hydrogens (tertiary/aromatic N) is 4. The van der Waals surface area contributed by atoms with Crippen molar-refractivity contribution in [1.29, 1.82) is 5.26 Å². The van der Waals surface area contributed by atoms with Crippen LogP contribution < -0.4 is 11.1 Å². The van der Waals surface area contributed by atoms with Gasteiger partial charge in [-0.05, 0) is 44.6 Å². The monoisotopic (exact) mass is 440 g/mol. The molecule has 0 bridgehead atoms. The third kappa shape index (κ3) is 5.18. The molecule has 0 aliphatic heterocycles. The van der Waals surface area contributed by atoms with Crippen molar-refractivity contribution in [3.05, 3.63) is 11.8 Å². The maximum Gasteiger partial charge on any atom is 0.401 e. The van der Waals surface area contributed by atoms with Crippen molar-refractivity contribution in [2.45, 2.75) is 57.7 Å². The molecule has 2 aliphatic rings. The summed E-state index contributed by atoms with van der Waals surface area (Å²) < 4.78 is 39.7. The second-order valence-electron chi connectivity index (χ2n) is 8.87. The number of hydrogen-bond acceptors (Lipinski definition) is 5. The maximum atomic E-state index is 12.8. The number of nitrogens with one attached hydrogen (secondary N) is 1. The number of carbonyl (C=O) groups excluding carboxylic acids is 2. The average molecular weight is 440 g/mol. The Kier molecular flexibility index (Phi) is 6.06. The Labute approximate surface area is 178 Å². The van der Waals surface area contributed by atoms with Crippen molar-refractivity contribution in [2.24, 2.45) is 17.1 Å². The topological polar surface area (TPSA) is 117 Å². The molecule has 11 heteroatoms. The first-order valence-electron chi connectivity index (χ1n) is 10.3. The van der Waals surface area contributed by atoms with Crippen LogP contribution in [0.1, 0.15) is 56.3 Å². The molecule has 1 aromatic rings. The number of alkyl halides is 3. The van der Waals surface area contributed by atoms with Crippen LogP contribution in [-0.4, -0.2) is 52.3 Å². The highest BCUT2D eigenvalue weighted by molar-refractivity contribution is 6.03. The summed E-state index contributed by atoms with van der Waals surface area (Å²) in [5, 5.41) is 16.3. The highest BCUT2D eigenvalue weighted by Gasteiger charge is 2.65. The van der Waals surface area contributed by atoms with Gasteiger partial charge in [-0.15, -0.1) is 0 Å². The molecule has 1 spiro atoms. The van der Waals surface area contributed by atoms with Crippen molar-refractivity contribution in [1.82, 2.24) is 14.7 Å². The Balaban J connectivity index is 1.78. The third-order valence-electron chi connectivity index (χ3n) is 6.45. The van der Waals surface area contributed by atoms with Crippen molar-refractivity contribution in [3.63, 3.8) is 0 Å². The lowest BCUT2D eigenvalue weighted by Crippen LogP contribution is -2.39. The van der Waals surface area contributed by atoms with Crippen molar-refractivity contribution >= 4 is 17.6 Å². The fourth-order valence-corrected chi connectivity index (χ4v) is 4.01. The van der Waals surface area contributed by atoms with E-state index in [9.17, 15) is 28.0 Å². The molecule has 3 N–H and O–H groups in total. The van der Waals surface area contributed by atoms with Crippen LogP contribution in [0.5, 0.6) is 0 Å². The minimum atomic E-state index is -4.33. The number of rotatable bonds is 10. The van der Waals surface area contributed by atoms with Gasteiger partial charge in [0.25, 0.3) is 5.91 Å². The van der Waals surface area contributed by atoms with Gasteiger partial charge in [-0.1, -0.05) is 6.92 Å². The molecule has 1 heterocycles. The van der Waals surface area contributed by atoms with Gasteiger partial charge in [-0.2, -0.15) is 23.5 Å². The van der Waals surface area contributed by atoms with E-state index in [1.54, 1.807) is 13.8 Å². The molecule has 0 radical (unpaired) electrons. The third-order valence-corrected chi connectivity index (χ3v) is 6.45. The lowest BCUT2D eigenvalue weighted by molar-refractivity contribution is -0.146. The Morgan fingerprint density at radius 3 is 2.61 bits per heavy atom. The Hall–Kier alpha value is -2.61. The van der Waals surface area contributed by atoms with E-state index in [0.717, 1.165) is 19.3 Å². The van der Waals surface area contributed by atoms with Crippen LogP contribution in [0, 0.1) is 22.7 Å². The SMILES string of the molecule is CCN(CCC(C)(CC#N)n1cc(C(N)=O)c(NC(=O)C2CC23CC3)n1)CC(F)(F)F. The van der Waals surface area contributed by atoms with Crippen molar-refractivity contribution in [2.75, 3.05) is 25.0 Å². The van der Waals surface area contributed by atoms with Crippen LogP contribution in [0.25, 0.3) is 0 Å². The summed E-state index contributed by atoms with van der Waals surface area (Å²) in [6.45, 7) is 2.53. The molecule has 8 nitrogen and oxygen atoms in total. The molecule has 2 atom stereocenters. The summed E-state index contributed by atoms with van der Waals surface area (Å²) in [6, 6.07) is 2.04. The lowest BCUT2D eigenvalue weighted by Gasteiger charge is -2.31. The summed E-state index contributed by atoms with van der Waals surface area (Å²) in [5.74, 6) is -1.07. The van der Waals surface area contributed by atoms with Crippen LogP contribution in [0.15, 0.2) is 6.20 Å². The molecule has 170 valence electrons. The average Bonchev–Trinajstić information content (AvgIpc) is 3.56. The molecule has 0 saturated heterocycles. The largest absolute Gasteiger partial charge is 0.401 e. The first kappa shape index (κ1) is 23.1. The van der Waals surface area contributed by atoms with E-state index in [1.165, 1.54) is 15.8 Å². The summed E-state index contributed by atoms with van der Waals surface area (Å²) >= 11 is 0. The molecular formula is C20H27F3N6O2. The number of anilines is 1. The standard InChI is InChI=1S/C20H27F3N6O2/c1-3-28(12-20(21,22)23)9-7-18(2,6-8-24)29-11-13(15(25)30)16(27-29)26-17(31)14-10-19(14)4-5-19/h11,14H,3-7,9-10,12H2,1-2H3,(H2,25,30)(H,26,27,31). The van der Waals surface area contributed by atoms with Gasteiger partial charge < -0.3 is 11.1 Å². The van der Waals surface area contributed by atoms with E-state index in [2.05, 4.69) is 10.4 Å². The van der Waals surface area contributed by atoms with E-state index in [1.807, 2.05) is 6.07 Å². The van der Waals surface area contributed by atoms with Gasteiger partial charge >= 0.3 is 6.18 Å². The molecule has 2 fully saturated rings. The number of hydrogen-bond donors (Lipinski definition) is 2. The first-order chi connectivity index (χ1) is 14.4. The van der Waals surface area contributed by atoms with Gasteiger partial charge in [0.15, 0.2) is 5.82 Å². The minimum Gasteiger partial charge on any atom is -0.365 e. The fraction of sp³-hybridized carbons (Fsp3) is 0.700. The maximum absolute atomic E-state index is 12.8. The molecule has 3 rings (SSSR count). The van der Waals surface area contributed by atoms with Gasteiger partial charge in [0.2, 0.25) is 5.91 Å². The highest BCUT2D eigenvalue weighted by Crippen LogP contribution is 2.70. The Bertz CT molecular complexity index is 902. The number of primary amides is 1. The fourth-order valence-electron chi connectivity index (χ4n) is 4.01. The zero-order valence-corrected chi connectivity index (χ0v) is 17.6. The molecule has 2 aliphatic carbocycles. The molecule has 0 aromatic carbocycles. The quantitative estimate of drug-likeness (QED) is 0.580. The normalized spacial score (nSPS) is 20.9. The van der Waals surface area contributed by atoms with Gasteiger partial charge in [0.1, 0.15) is 5.56 Å². The molecule has 2 amide bonds. The highest BCUT2D eigenvalue weighted by atomic mass is 19.4. The number of aromatic nitrogens is 2. The van der Waals surface area contributed by atoms with E-state index < -0.39 is 24.2 Å². The lowest BCUT2D eigenvalue weighted by atomic mass is 9.94. The van der Waals surface area contributed by atoms with Gasteiger partial charge in [0, 0.05) is 18.7 Å². The smallest absolute Gasteiger partial charge is 0.365 e. The summed E-state index contributed by atoms with van der Waals surface area (Å²) in [7, 11) is 0. The Morgan fingerprint density at radius 2 is 2.13 bits per heavy atom. The second kappa shape index (κ2) is 8.15. The number of nitrogens with two attached hydrogens (primary N) is 1. The zero-order valence-electron chi connectivity index (χ0n) is 17.6. The van der Waals surface area contributed by atoms with Gasteiger partial charge in [-0.3, -0.25) is 19.2 Å². The van der Waals surface area contributed by atoms with Crippen LogP contribution in [-0.2, 0) is 10.3 Å². The van der Waals surface area contributed by atoms with E-state index in [-0.39, 0.29) is 54.6 Å². The van der Waals surface area contributed by atoms with Crippen LogP contribution in [0.3, 0.4) is 0 Å². The van der Waals surface area contributed by atoms with Crippen LogP contribution in [0.2, 0.25) is 0 Å². The summed E-state index contributed by atoms with van der Waals surface area (Å²) in [6.07, 6.45) is 0.0338. The molecule has 1 aromatic heterocycles. The number of halogens is 3. The molecule has 2 saturated carbocycles. The number of nitriles is 1. The van der Waals surface area contributed by atoms with E-state index >= 15 is 0 Å². The van der Waals surface area contributed by atoms with Crippen LogP contribution in [0.4, 0.5) is 19.0 Å². The van der Waals surface area contributed by atoms with Gasteiger partial charge in [-0.25, -0.2) is 0 Å². The molecule has 31 heavy (non-hydrogen) atoms. The summed E-state index contributed by atoms with van der Waals surface area (Å²) in [4.78, 5) is 25.6. The predicted molar refractivity (Wildman–Crippen MR) is 106 cm³/mol.